The molecule has 0 aliphatic carbocycles. The van der Waals surface area contributed by atoms with E-state index in [4.69, 9.17) is 4.74 Å². The number of anilines is 1. The maximum Gasteiger partial charge on any atom is 0.224 e. The van der Waals surface area contributed by atoms with Crippen molar-refractivity contribution in [3.63, 3.8) is 0 Å². The van der Waals surface area contributed by atoms with E-state index < -0.39 is 0 Å². The topological polar surface area (TPSA) is 92.7 Å². The Hall–Kier alpha value is -3.29. The normalized spacial score (nSPS) is 17.2. The van der Waals surface area contributed by atoms with Crippen LogP contribution in [0.25, 0.3) is 22.1 Å². The summed E-state index contributed by atoms with van der Waals surface area (Å²) in [6.45, 7) is 1.47. The van der Waals surface area contributed by atoms with Crippen molar-refractivity contribution in [2.75, 3.05) is 18.1 Å². The van der Waals surface area contributed by atoms with Gasteiger partial charge in [-0.25, -0.2) is 24.9 Å². The molecule has 1 aromatic carbocycles. The summed E-state index contributed by atoms with van der Waals surface area (Å²) in [5.41, 5.74) is 2.44. The molecule has 8 nitrogen and oxygen atoms in total. The quantitative estimate of drug-likeness (QED) is 0.605. The molecule has 26 heavy (non-hydrogen) atoms. The van der Waals surface area contributed by atoms with Gasteiger partial charge in [-0.15, -0.1) is 0 Å². The second kappa shape index (κ2) is 6.21. The van der Waals surface area contributed by atoms with Gasteiger partial charge in [-0.1, -0.05) is 12.1 Å². The molecule has 130 valence electrons. The first-order chi connectivity index (χ1) is 12.9. The third kappa shape index (κ3) is 2.50. The van der Waals surface area contributed by atoms with E-state index in [1.807, 2.05) is 24.3 Å². The van der Waals surface area contributed by atoms with Crippen molar-refractivity contribution in [2.24, 2.45) is 0 Å². The molecule has 0 bridgehead atoms. The van der Waals surface area contributed by atoms with Gasteiger partial charge in [0.05, 0.1) is 23.3 Å². The minimum Gasteiger partial charge on any atom is -0.475 e. The van der Waals surface area contributed by atoms with E-state index in [0.717, 1.165) is 47.3 Å². The molecule has 1 atom stereocenters. The van der Waals surface area contributed by atoms with E-state index >= 15 is 0 Å². The molecule has 1 aliphatic rings. The van der Waals surface area contributed by atoms with Gasteiger partial charge in [0, 0.05) is 6.54 Å². The lowest BCUT2D eigenvalue weighted by atomic mass is 10.2. The largest absolute Gasteiger partial charge is 0.475 e. The molecule has 1 fully saturated rings. The molecule has 0 saturated carbocycles. The first-order valence-electron chi connectivity index (χ1n) is 8.63. The Kier molecular flexibility index (Phi) is 3.59. The first-order valence-corrected chi connectivity index (χ1v) is 8.63. The van der Waals surface area contributed by atoms with E-state index in [2.05, 4.69) is 34.8 Å². The number of rotatable bonds is 4. The third-order valence-electron chi connectivity index (χ3n) is 4.77. The number of aromatic nitrogens is 6. The molecule has 1 N–H and O–H groups in total. The number of benzene rings is 1. The highest BCUT2D eigenvalue weighted by atomic mass is 16.5. The molecule has 1 saturated heterocycles. The van der Waals surface area contributed by atoms with E-state index in [1.54, 1.807) is 19.0 Å². The number of hydrogen-bond donors (Lipinski definition) is 1. The summed E-state index contributed by atoms with van der Waals surface area (Å²) in [6, 6.07) is 8.09. The van der Waals surface area contributed by atoms with Crippen molar-refractivity contribution in [1.29, 1.82) is 0 Å². The van der Waals surface area contributed by atoms with Crippen LogP contribution >= 0.6 is 0 Å². The fourth-order valence-electron chi connectivity index (χ4n) is 3.52. The van der Waals surface area contributed by atoms with Crippen LogP contribution in [0.15, 0.2) is 43.2 Å². The Morgan fingerprint density at radius 2 is 2.00 bits per heavy atom. The minimum atomic E-state index is 0.221. The second-order valence-electron chi connectivity index (χ2n) is 6.29. The van der Waals surface area contributed by atoms with Crippen molar-refractivity contribution >= 4 is 27.9 Å². The average molecular weight is 347 g/mol. The fraction of sp³-hybridized carbons (Fsp3) is 0.278. The maximum absolute atomic E-state index is 6.08. The first kappa shape index (κ1) is 15.0. The summed E-state index contributed by atoms with van der Waals surface area (Å²) >= 11 is 0. The van der Waals surface area contributed by atoms with Gasteiger partial charge >= 0.3 is 0 Å². The van der Waals surface area contributed by atoms with Gasteiger partial charge in [-0.05, 0) is 25.0 Å². The Morgan fingerprint density at radius 1 is 1.08 bits per heavy atom. The van der Waals surface area contributed by atoms with Crippen molar-refractivity contribution < 1.29 is 4.74 Å². The molecule has 8 heteroatoms. The highest BCUT2D eigenvalue weighted by Gasteiger charge is 2.28. The van der Waals surface area contributed by atoms with Gasteiger partial charge in [0.1, 0.15) is 24.8 Å². The van der Waals surface area contributed by atoms with Gasteiger partial charge in [0.2, 0.25) is 5.88 Å². The molecule has 0 amide bonds. The zero-order valence-electron chi connectivity index (χ0n) is 14.0. The predicted molar refractivity (Wildman–Crippen MR) is 97.1 cm³/mol. The summed E-state index contributed by atoms with van der Waals surface area (Å²) in [7, 11) is 0. The van der Waals surface area contributed by atoms with Gasteiger partial charge in [0.25, 0.3) is 0 Å². The summed E-state index contributed by atoms with van der Waals surface area (Å²) in [5, 5.41) is 0.927. The van der Waals surface area contributed by atoms with Crippen molar-refractivity contribution in [3.05, 3.63) is 43.2 Å². The Morgan fingerprint density at radius 3 is 3.00 bits per heavy atom. The highest BCUT2D eigenvalue weighted by molar-refractivity contribution is 5.83. The number of ether oxygens (including phenoxy) is 1. The summed E-state index contributed by atoms with van der Waals surface area (Å²) in [5.74, 6) is 1.48. The second-order valence-corrected chi connectivity index (χ2v) is 6.29. The molecular weight excluding hydrogens is 330 g/mol. The van der Waals surface area contributed by atoms with Gasteiger partial charge in [-0.2, -0.15) is 0 Å². The van der Waals surface area contributed by atoms with Crippen LogP contribution in [0.2, 0.25) is 0 Å². The molecule has 1 unspecified atom stereocenters. The Bertz CT molecular complexity index is 1060. The van der Waals surface area contributed by atoms with Crippen LogP contribution < -0.4 is 9.64 Å². The van der Waals surface area contributed by atoms with Gasteiger partial charge < -0.3 is 14.6 Å². The van der Waals surface area contributed by atoms with Crippen LogP contribution in [0.5, 0.6) is 5.88 Å². The van der Waals surface area contributed by atoms with Crippen LogP contribution in [0.1, 0.15) is 12.8 Å². The van der Waals surface area contributed by atoms with E-state index in [1.165, 1.54) is 0 Å². The molecule has 4 heterocycles. The summed E-state index contributed by atoms with van der Waals surface area (Å²) in [4.78, 5) is 27.0. The van der Waals surface area contributed by atoms with Crippen LogP contribution in [-0.4, -0.2) is 49.1 Å². The molecule has 5 rings (SSSR count). The van der Waals surface area contributed by atoms with Gasteiger partial charge in [0.15, 0.2) is 11.5 Å². The summed E-state index contributed by atoms with van der Waals surface area (Å²) < 4.78 is 6.08. The smallest absolute Gasteiger partial charge is 0.224 e. The minimum absolute atomic E-state index is 0.221. The lowest BCUT2D eigenvalue weighted by molar-refractivity contribution is 0.281. The van der Waals surface area contributed by atoms with E-state index in [9.17, 15) is 0 Å². The number of aromatic amines is 1. The predicted octanol–water partition coefficient (Wildman–Crippen LogP) is 2.34. The number of imidazole rings is 1. The number of hydrogen-bond acceptors (Lipinski definition) is 7. The molecule has 4 aromatic rings. The number of para-hydroxylation sites is 1. The van der Waals surface area contributed by atoms with Crippen molar-refractivity contribution in [2.45, 2.75) is 18.9 Å². The van der Waals surface area contributed by atoms with Crippen molar-refractivity contribution in [1.82, 2.24) is 29.9 Å². The van der Waals surface area contributed by atoms with Crippen LogP contribution in [-0.2, 0) is 0 Å². The van der Waals surface area contributed by atoms with Crippen LogP contribution in [0.3, 0.4) is 0 Å². The van der Waals surface area contributed by atoms with Crippen LogP contribution in [0, 0.1) is 0 Å². The average Bonchev–Trinajstić information content (AvgIpc) is 3.35. The monoisotopic (exact) mass is 347 g/mol. The number of nitrogens with one attached hydrogen (secondary N) is 1. The third-order valence-corrected chi connectivity index (χ3v) is 4.77. The number of nitrogens with zero attached hydrogens (tertiary/aromatic N) is 6. The molecular formula is C18H17N7O. The highest BCUT2D eigenvalue weighted by Crippen LogP contribution is 2.29. The summed E-state index contributed by atoms with van der Waals surface area (Å²) in [6.07, 6.45) is 6.90. The van der Waals surface area contributed by atoms with Crippen LogP contribution in [0.4, 0.5) is 5.82 Å². The molecule has 3 aromatic heterocycles. The zero-order chi connectivity index (χ0) is 17.3. The maximum atomic E-state index is 6.08. The Balaban J connectivity index is 1.40. The molecule has 1 aliphatic heterocycles. The fourth-order valence-corrected chi connectivity index (χ4v) is 3.52. The van der Waals surface area contributed by atoms with Crippen molar-refractivity contribution in [3.8, 4) is 5.88 Å². The lowest BCUT2D eigenvalue weighted by Crippen LogP contribution is -2.35. The number of H-pyrrole nitrogens is 1. The number of fused-ring (bicyclic) bond motifs is 2. The Labute approximate surface area is 149 Å². The van der Waals surface area contributed by atoms with E-state index in [-0.39, 0.29) is 6.04 Å². The molecule has 0 radical (unpaired) electrons. The standard InChI is InChI=1S/C18H17N7O/c1-2-6-14-13(5-1)18(24-9-19-14)26-8-12-4-3-7-25(12)17-15-16(21-10-20-15)22-11-23-17/h1-2,5-6,9-12H,3-4,7-8H2,(H,20,21,22,23). The van der Waals surface area contributed by atoms with Gasteiger partial charge in [-0.3, -0.25) is 0 Å². The SMILES string of the molecule is c1ccc2c(OCC3CCCN3c3ncnc4[nH]cnc34)ncnc2c1. The molecule has 0 spiro atoms. The zero-order valence-corrected chi connectivity index (χ0v) is 14.0. The van der Waals surface area contributed by atoms with E-state index in [0.29, 0.717) is 12.5 Å². The lowest BCUT2D eigenvalue weighted by Gasteiger charge is -2.25.